The van der Waals surface area contributed by atoms with Gasteiger partial charge in [-0.15, -0.1) is 0 Å². The van der Waals surface area contributed by atoms with Crippen molar-refractivity contribution >= 4 is 17.3 Å². The largest absolute Gasteiger partial charge is 0.398 e. The molecule has 0 fully saturated rings. The molecule has 1 aromatic carbocycles. The SMILES string of the molecule is CC(C)C(C)(C)CNc1cc(C(N)=O)c(N)cc1F. The lowest BCUT2D eigenvalue weighted by Gasteiger charge is -2.30. The highest BCUT2D eigenvalue weighted by Gasteiger charge is 2.22. The number of carbonyl (C=O) groups is 1. The normalized spacial score (nSPS) is 11.7. The number of anilines is 2. The Kier molecular flexibility index (Phi) is 4.39. The van der Waals surface area contributed by atoms with Crippen LogP contribution in [-0.4, -0.2) is 12.5 Å². The van der Waals surface area contributed by atoms with Crippen molar-refractivity contribution in [3.05, 3.63) is 23.5 Å². The average molecular weight is 267 g/mol. The molecule has 0 unspecified atom stereocenters. The summed E-state index contributed by atoms with van der Waals surface area (Å²) in [5.41, 5.74) is 11.2. The molecule has 0 bridgehead atoms. The van der Waals surface area contributed by atoms with Crippen LogP contribution in [0.25, 0.3) is 0 Å². The molecule has 0 radical (unpaired) electrons. The molecule has 106 valence electrons. The van der Waals surface area contributed by atoms with E-state index in [0.29, 0.717) is 12.5 Å². The number of hydrogen-bond donors (Lipinski definition) is 3. The topological polar surface area (TPSA) is 81.1 Å². The summed E-state index contributed by atoms with van der Waals surface area (Å²) in [7, 11) is 0. The number of hydrogen-bond acceptors (Lipinski definition) is 3. The number of nitrogen functional groups attached to an aromatic ring is 1. The van der Waals surface area contributed by atoms with Crippen LogP contribution in [-0.2, 0) is 0 Å². The molecule has 0 atom stereocenters. The van der Waals surface area contributed by atoms with Gasteiger partial charge < -0.3 is 16.8 Å². The third kappa shape index (κ3) is 3.59. The molecule has 1 rings (SSSR count). The first-order valence-corrected chi connectivity index (χ1v) is 6.28. The first-order chi connectivity index (χ1) is 8.65. The molecule has 0 aromatic heterocycles. The van der Waals surface area contributed by atoms with E-state index < -0.39 is 11.7 Å². The van der Waals surface area contributed by atoms with Crippen molar-refractivity contribution < 1.29 is 9.18 Å². The lowest BCUT2D eigenvalue weighted by atomic mass is 9.81. The summed E-state index contributed by atoms with van der Waals surface area (Å²) < 4.78 is 13.8. The van der Waals surface area contributed by atoms with Crippen LogP contribution < -0.4 is 16.8 Å². The van der Waals surface area contributed by atoms with E-state index >= 15 is 0 Å². The van der Waals surface area contributed by atoms with Gasteiger partial charge in [0.15, 0.2) is 0 Å². The van der Waals surface area contributed by atoms with Crippen LogP contribution in [0, 0.1) is 17.2 Å². The van der Waals surface area contributed by atoms with Crippen molar-refractivity contribution in [3.8, 4) is 0 Å². The van der Waals surface area contributed by atoms with Crippen LogP contribution in [0.15, 0.2) is 12.1 Å². The van der Waals surface area contributed by atoms with E-state index in [1.165, 1.54) is 6.07 Å². The standard InChI is InChI=1S/C14H22FN3O/c1-8(2)14(3,4)7-18-12-5-9(13(17)19)11(16)6-10(12)15/h5-6,8,18H,7,16H2,1-4H3,(H2,17,19). The molecule has 0 saturated carbocycles. The van der Waals surface area contributed by atoms with Gasteiger partial charge in [0.2, 0.25) is 0 Å². The summed E-state index contributed by atoms with van der Waals surface area (Å²) in [6.45, 7) is 8.99. The second kappa shape index (κ2) is 5.47. The van der Waals surface area contributed by atoms with Gasteiger partial charge in [-0.05, 0) is 23.5 Å². The Morgan fingerprint density at radius 2 is 2.00 bits per heavy atom. The van der Waals surface area contributed by atoms with E-state index in [0.717, 1.165) is 6.07 Å². The molecule has 0 aliphatic heterocycles. The predicted molar refractivity (Wildman–Crippen MR) is 76.4 cm³/mol. The van der Waals surface area contributed by atoms with Crippen LogP contribution in [0.5, 0.6) is 0 Å². The van der Waals surface area contributed by atoms with Gasteiger partial charge in [-0.1, -0.05) is 27.7 Å². The van der Waals surface area contributed by atoms with E-state index in [1.807, 2.05) is 0 Å². The molecule has 1 aromatic rings. The number of benzene rings is 1. The van der Waals surface area contributed by atoms with Crippen molar-refractivity contribution in [1.29, 1.82) is 0 Å². The zero-order valence-electron chi connectivity index (χ0n) is 11.9. The highest BCUT2D eigenvalue weighted by molar-refractivity contribution is 5.99. The van der Waals surface area contributed by atoms with Crippen molar-refractivity contribution in [1.82, 2.24) is 0 Å². The smallest absolute Gasteiger partial charge is 0.250 e. The molecule has 0 spiro atoms. The number of nitrogens with two attached hydrogens (primary N) is 2. The molecule has 5 N–H and O–H groups in total. The molecular weight excluding hydrogens is 245 g/mol. The van der Waals surface area contributed by atoms with Gasteiger partial charge in [-0.3, -0.25) is 4.79 Å². The van der Waals surface area contributed by atoms with E-state index in [1.54, 1.807) is 0 Å². The fraction of sp³-hybridized carbons (Fsp3) is 0.500. The fourth-order valence-electron chi connectivity index (χ4n) is 1.46. The monoisotopic (exact) mass is 267 g/mol. The Bertz CT molecular complexity index is 484. The molecule has 1 amide bonds. The van der Waals surface area contributed by atoms with Crippen LogP contribution in [0.3, 0.4) is 0 Å². The van der Waals surface area contributed by atoms with E-state index in [4.69, 9.17) is 11.5 Å². The van der Waals surface area contributed by atoms with Gasteiger partial charge in [0, 0.05) is 12.2 Å². The van der Waals surface area contributed by atoms with Crippen LogP contribution >= 0.6 is 0 Å². The van der Waals surface area contributed by atoms with E-state index in [2.05, 4.69) is 33.0 Å². The minimum atomic E-state index is -0.663. The van der Waals surface area contributed by atoms with E-state index in [-0.39, 0.29) is 22.4 Å². The maximum atomic E-state index is 13.8. The number of primary amides is 1. The number of amides is 1. The van der Waals surface area contributed by atoms with Crippen molar-refractivity contribution in [2.24, 2.45) is 17.1 Å². The summed E-state index contributed by atoms with van der Waals surface area (Å²) in [5.74, 6) is -0.710. The highest BCUT2D eigenvalue weighted by atomic mass is 19.1. The maximum Gasteiger partial charge on any atom is 0.250 e. The van der Waals surface area contributed by atoms with Crippen LogP contribution in [0.2, 0.25) is 0 Å². The molecule has 19 heavy (non-hydrogen) atoms. The molecule has 5 heteroatoms. The quantitative estimate of drug-likeness (QED) is 0.717. The number of halogens is 1. The average Bonchev–Trinajstić information content (AvgIpc) is 2.27. The van der Waals surface area contributed by atoms with Crippen molar-refractivity contribution in [2.75, 3.05) is 17.6 Å². The maximum absolute atomic E-state index is 13.8. The Morgan fingerprint density at radius 1 is 1.42 bits per heavy atom. The number of carbonyl (C=O) groups excluding carboxylic acids is 1. The van der Waals surface area contributed by atoms with Gasteiger partial charge in [-0.2, -0.15) is 0 Å². The summed E-state index contributed by atoms with van der Waals surface area (Å²) >= 11 is 0. The van der Waals surface area contributed by atoms with Crippen molar-refractivity contribution in [3.63, 3.8) is 0 Å². The van der Waals surface area contributed by atoms with Crippen molar-refractivity contribution in [2.45, 2.75) is 27.7 Å². The zero-order valence-corrected chi connectivity index (χ0v) is 11.9. The first-order valence-electron chi connectivity index (χ1n) is 6.28. The third-order valence-corrected chi connectivity index (χ3v) is 3.70. The Labute approximate surface area is 113 Å². The molecule has 0 saturated heterocycles. The second-order valence-corrected chi connectivity index (χ2v) is 5.78. The molecule has 0 heterocycles. The number of rotatable bonds is 5. The summed E-state index contributed by atoms with van der Waals surface area (Å²) in [4.78, 5) is 11.2. The Hall–Kier alpha value is -1.78. The van der Waals surface area contributed by atoms with Gasteiger partial charge in [-0.25, -0.2) is 4.39 Å². The first kappa shape index (κ1) is 15.3. The minimum absolute atomic E-state index is 0.000707. The Morgan fingerprint density at radius 3 is 2.47 bits per heavy atom. The molecular formula is C14H22FN3O. The predicted octanol–water partition coefficient (Wildman–Crippen LogP) is 2.60. The second-order valence-electron chi connectivity index (χ2n) is 5.78. The fourth-order valence-corrected chi connectivity index (χ4v) is 1.46. The van der Waals surface area contributed by atoms with Gasteiger partial charge in [0.25, 0.3) is 5.91 Å². The summed E-state index contributed by atoms with van der Waals surface area (Å²) in [6.07, 6.45) is 0. The van der Waals surface area contributed by atoms with Crippen LogP contribution in [0.4, 0.5) is 15.8 Å². The molecule has 0 aliphatic rings. The van der Waals surface area contributed by atoms with Crippen LogP contribution in [0.1, 0.15) is 38.1 Å². The van der Waals surface area contributed by atoms with Gasteiger partial charge in [0.05, 0.1) is 11.3 Å². The number of nitrogens with one attached hydrogen (secondary N) is 1. The van der Waals surface area contributed by atoms with Gasteiger partial charge in [0.1, 0.15) is 5.82 Å². The van der Waals surface area contributed by atoms with Gasteiger partial charge >= 0.3 is 0 Å². The minimum Gasteiger partial charge on any atom is -0.398 e. The van der Waals surface area contributed by atoms with E-state index in [9.17, 15) is 9.18 Å². The lowest BCUT2D eigenvalue weighted by molar-refractivity contribution is 0.100. The molecule has 0 aliphatic carbocycles. The molecule has 4 nitrogen and oxygen atoms in total. The lowest BCUT2D eigenvalue weighted by Crippen LogP contribution is -2.29. The summed E-state index contributed by atoms with van der Waals surface area (Å²) in [6, 6.07) is 2.48. The Balaban J connectivity index is 2.96. The third-order valence-electron chi connectivity index (χ3n) is 3.70. The zero-order chi connectivity index (χ0) is 14.8. The summed E-state index contributed by atoms with van der Waals surface area (Å²) in [5, 5.41) is 3.02. The highest BCUT2D eigenvalue weighted by Crippen LogP contribution is 2.28.